The van der Waals surface area contributed by atoms with Crippen molar-refractivity contribution in [2.24, 2.45) is 0 Å². The number of fused-ring (bicyclic) bond motifs is 10. The molecule has 0 N–H and O–H groups in total. The first-order valence-corrected chi connectivity index (χ1v) is 25.3. The zero-order chi connectivity index (χ0) is 48.3. The standard InChI is InChI=1S/C66H65BN2/c1-40-32-53-60-59(33-40)69-57-31-27-45(64(8,9)10)35-49(57)51-36-46(65(11,12)13)37-55(61(51)69)67(60)54-38-50-48-34-44(63(5,6)7)26-30-56(48)68(47-28-24-41(25-29-47)62(2,3)4)58(50)39-52(54)66(53,42-20-16-14-17-21-42)43-22-18-15-19-23-43/h14-39H,1-13H3. The molecule has 10 aromatic rings. The monoisotopic (exact) mass is 897 g/mol. The van der Waals surface area contributed by atoms with E-state index in [0.29, 0.717) is 0 Å². The molecule has 0 aliphatic carbocycles. The van der Waals surface area contributed by atoms with Gasteiger partial charge in [0.1, 0.15) is 0 Å². The Bertz CT molecular complexity index is 3700. The van der Waals surface area contributed by atoms with E-state index in [1.807, 2.05) is 0 Å². The van der Waals surface area contributed by atoms with Crippen molar-refractivity contribution >= 4 is 66.7 Å². The third kappa shape index (κ3) is 6.31. The van der Waals surface area contributed by atoms with E-state index >= 15 is 0 Å². The molecule has 8 aromatic carbocycles. The van der Waals surface area contributed by atoms with Gasteiger partial charge in [0.2, 0.25) is 6.71 Å². The Morgan fingerprint density at radius 2 is 0.884 bits per heavy atom. The third-order valence-electron chi connectivity index (χ3n) is 16.1. The van der Waals surface area contributed by atoms with Gasteiger partial charge in [-0.1, -0.05) is 192 Å². The van der Waals surface area contributed by atoms with Crippen LogP contribution in [-0.2, 0) is 27.1 Å². The van der Waals surface area contributed by atoms with E-state index in [1.54, 1.807) is 0 Å². The lowest BCUT2D eigenvalue weighted by Gasteiger charge is -2.47. The van der Waals surface area contributed by atoms with Crippen LogP contribution in [0.5, 0.6) is 0 Å². The predicted octanol–water partition coefficient (Wildman–Crippen LogP) is 14.9. The smallest absolute Gasteiger partial charge is 0.247 e. The van der Waals surface area contributed by atoms with Crippen LogP contribution in [0.4, 0.5) is 0 Å². The molecule has 0 bridgehead atoms. The highest BCUT2D eigenvalue weighted by Gasteiger charge is 2.51. The van der Waals surface area contributed by atoms with Gasteiger partial charge < -0.3 is 9.13 Å². The Morgan fingerprint density at radius 1 is 0.391 bits per heavy atom. The molecule has 69 heavy (non-hydrogen) atoms. The Hall–Kier alpha value is -6.58. The molecule has 0 spiro atoms. The number of nitrogens with zero attached hydrogens (tertiary/aromatic N) is 2. The summed E-state index contributed by atoms with van der Waals surface area (Å²) in [7, 11) is 0. The summed E-state index contributed by atoms with van der Waals surface area (Å²) in [6.45, 7) is 30.4. The fourth-order valence-corrected chi connectivity index (χ4v) is 12.4. The van der Waals surface area contributed by atoms with Crippen LogP contribution >= 0.6 is 0 Å². The molecule has 342 valence electrons. The van der Waals surface area contributed by atoms with E-state index in [1.165, 1.54) is 121 Å². The number of rotatable bonds is 3. The molecule has 0 saturated heterocycles. The van der Waals surface area contributed by atoms with E-state index < -0.39 is 5.41 Å². The first kappa shape index (κ1) is 43.7. The van der Waals surface area contributed by atoms with Gasteiger partial charge in [-0.3, -0.25) is 0 Å². The second-order valence-corrected chi connectivity index (χ2v) is 24.8. The quantitative estimate of drug-likeness (QED) is 0.156. The SMILES string of the molecule is Cc1cc2c3c(c1)C(c1ccccc1)(c1ccccc1)c1cc4c(cc1B3c1cc(C(C)(C)C)cc3c5cc(C(C)(C)C)ccc5n-2c13)c1cc(C(C)(C)C)ccc1n4-c1ccc(C(C)(C)C)cc1. The van der Waals surface area contributed by atoms with Crippen molar-refractivity contribution in [1.82, 2.24) is 9.13 Å². The molecule has 2 aliphatic heterocycles. The second-order valence-electron chi connectivity index (χ2n) is 24.8. The topological polar surface area (TPSA) is 9.86 Å². The Labute approximate surface area is 410 Å². The maximum atomic E-state index is 2.66. The largest absolute Gasteiger partial charge is 0.310 e. The molecule has 4 heterocycles. The van der Waals surface area contributed by atoms with Crippen molar-refractivity contribution in [2.75, 3.05) is 0 Å². The molecule has 0 atom stereocenters. The van der Waals surface area contributed by atoms with Crippen molar-refractivity contribution in [2.45, 2.75) is 117 Å². The minimum Gasteiger partial charge on any atom is -0.310 e. The van der Waals surface area contributed by atoms with Crippen LogP contribution in [0.2, 0.25) is 0 Å². The van der Waals surface area contributed by atoms with Crippen LogP contribution in [-0.4, -0.2) is 15.8 Å². The van der Waals surface area contributed by atoms with Crippen LogP contribution in [0.3, 0.4) is 0 Å². The Kier molecular flexibility index (Phi) is 9.17. The van der Waals surface area contributed by atoms with Crippen LogP contribution in [0.15, 0.2) is 158 Å². The molecule has 0 saturated carbocycles. The number of benzene rings is 8. The molecule has 0 radical (unpaired) electrons. The van der Waals surface area contributed by atoms with Crippen LogP contribution in [0.25, 0.3) is 55.0 Å². The highest BCUT2D eigenvalue weighted by molar-refractivity contribution is 6.99. The van der Waals surface area contributed by atoms with E-state index in [9.17, 15) is 0 Å². The second kappa shape index (κ2) is 14.5. The minimum absolute atomic E-state index is 0.0102. The maximum absolute atomic E-state index is 2.66. The lowest BCUT2D eigenvalue weighted by atomic mass is 9.29. The van der Waals surface area contributed by atoms with Crippen LogP contribution < -0.4 is 16.4 Å². The average Bonchev–Trinajstić information content (AvgIpc) is 3.81. The van der Waals surface area contributed by atoms with Gasteiger partial charge in [-0.15, -0.1) is 0 Å². The van der Waals surface area contributed by atoms with E-state index in [2.05, 4.69) is 257 Å². The van der Waals surface area contributed by atoms with E-state index in [0.717, 1.165) is 0 Å². The van der Waals surface area contributed by atoms with Gasteiger partial charge in [0, 0.05) is 38.4 Å². The molecule has 2 aromatic heterocycles. The van der Waals surface area contributed by atoms with Gasteiger partial charge >= 0.3 is 0 Å². The molecule has 12 rings (SSSR count). The molecule has 0 fully saturated rings. The maximum Gasteiger partial charge on any atom is 0.247 e. The summed E-state index contributed by atoms with van der Waals surface area (Å²) >= 11 is 0. The first-order valence-electron chi connectivity index (χ1n) is 25.3. The number of aromatic nitrogens is 2. The summed E-state index contributed by atoms with van der Waals surface area (Å²) in [5.41, 5.74) is 23.0. The molecule has 0 amide bonds. The van der Waals surface area contributed by atoms with Crippen LogP contribution in [0, 0.1) is 6.92 Å². The molecular formula is C66H65BN2. The predicted molar refractivity (Wildman–Crippen MR) is 298 cm³/mol. The molecule has 2 nitrogen and oxygen atoms in total. The zero-order valence-corrected chi connectivity index (χ0v) is 43.0. The van der Waals surface area contributed by atoms with Crippen LogP contribution in [0.1, 0.15) is 133 Å². The van der Waals surface area contributed by atoms with Gasteiger partial charge in [-0.2, -0.15) is 0 Å². The number of hydrogen-bond acceptors (Lipinski definition) is 0. The molecule has 0 unspecified atom stereocenters. The fraction of sp³-hybridized carbons (Fsp3) is 0.273. The highest BCUT2D eigenvalue weighted by atomic mass is 15.0. The lowest BCUT2D eigenvalue weighted by Crippen LogP contribution is -2.64. The van der Waals surface area contributed by atoms with Gasteiger partial charge in [0.05, 0.1) is 22.0 Å². The van der Waals surface area contributed by atoms with Gasteiger partial charge in [0.15, 0.2) is 0 Å². The molecular weight excluding hydrogens is 832 g/mol. The zero-order valence-electron chi connectivity index (χ0n) is 43.0. The summed E-state index contributed by atoms with van der Waals surface area (Å²) in [4.78, 5) is 0. The normalized spacial score (nSPS) is 14.5. The van der Waals surface area contributed by atoms with E-state index in [-0.39, 0.29) is 28.4 Å². The summed E-state index contributed by atoms with van der Waals surface area (Å²) in [6.07, 6.45) is 0. The fourth-order valence-electron chi connectivity index (χ4n) is 12.4. The summed E-state index contributed by atoms with van der Waals surface area (Å²) < 4.78 is 5.22. The molecule has 3 heteroatoms. The van der Waals surface area contributed by atoms with Crippen molar-refractivity contribution < 1.29 is 0 Å². The average molecular weight is 897 g/mol. The van der Waals surface area contributed by atoms with E-state index in [4.69, 9.17) is 0 Å². The first-order chi connectivity index (χ1) is 32.7. The Balaban J connectivity index is 1.32. The number of aryl methyl sites for hydroxylation is 1. The van der Waals surface area contributed by atoms with Gasteiger partial charge in [0.25, 0.3) is 0 Å². The molecule has 2 aliphatic rings. The summed E-state index contributed by atoms with van der Waals surface area (Å²) in [5, 5.41) is 5.28. The van der Waals surface area contributed by atoms with Gasteiger partial charge in [-0.25, -0.2) is 0 Å². The minimum atomic E-state index is -0.646. The third-order valence-corrected chi connectivity index (χ3v) is 16.1. The van der Waals surface area contributed by atoms with Crippen molar-refractivity contribution in [1.29, 1.82) is 0 Å². The number of hydrogen-bond donors (Lipinski definition) is 0. The van der Waals surface area contributed by atoms with Crippen molar-refractivity contribution in [3.63, 3.8) is 0 Å². The highest BCUT2D eigenvalue weighted by Crippen LogP contribution is 2.50. The van der Waals surface area contributed by atoms with Crippen molar-refractivity contribution in [3.8, 4) is 11.4 Å². The summed E-state index contributed by atoms with van der Waals surface area (Å²) in [5.74, 6) is 0. The summed E-state index contributed by atoms with van der Waals surface area (Å²) in [6, 6.07) is 62.3. The lowest BCUT2D eigenvalue weighted by molar-refractivity contribution is 0.590. The van der Waals surface area contributed by atoms with Gasteiger partial charge in [-0.05, 0) is 144 Å². The van der Waals surface area contributed by atoms with Crippen molar-refractivity contribution in [3.05, 3.63) is 208 Å². The Morgan fingerprint density at radius 3 is 1.43 bits per heavy atom.